The second kappa shape index (κ2) is 9.73. The average Bonchev–Trinajstić information content (AvgIpc) is 2.11. The van der Waals surface area contributed by atoms with Crippen molar-refractivity contribution >= 4 is 12.4 Å². The number of halogens is 1. The molecule has 0 saturated heterocycles. The van der Waals surface area contributed by atoms with Crippen LogP contribution in [0.2, 0.25) is 0 Å². The number of para-hydroxylation sites is 1. The third kappa shape index (κ3) is 5.51. The summed E-state index contributed by atoms with van der Waals surface area (Å²) in [5.74, 6) is 0.944. The Balaban J connectivity index is 0. The highest BCUT2D eigenvalue weighted by Gasteiger charge is 1.83. The van der Waals surface area contributed by atoms with Gasteiger partial charge in [-0.15, -0.1) is 12.4 Å². The number of hydrogen-bond acceptors (Lipinski definition) is 3. The Morgan fingerprint density at radius 3 is 2.08 bits per heavy atom. The molecule has 0 spiro atoms. The zero-order valence-corrected chi connectivity index (χ0v) is 7.62. The van der Waals surface area contributed by atoms with Gasteiger partial charge in [-0.1, -0.05) is 18.2 Å². The summed E-state index contributed by atoms with van der Waals surface area (Å²) in [5.41, 5.74) is 0. The SMILES string of the molecule is CCOc1ccccc1.Cl.N#N. The van der Waals surface area contributed by atoms with Crippen molar-refractivity contribution < 1.29 is 4.74 Å². The van der Waals surface area contributed by atoms with Gasteiger partial charge in [-0.2, -0.15) is 0 Å². The Labute approximate surface area is 78.2 Å². The van der Waals surface area contributed by atoms with Crippen molar-refractivity contribution in [3.8, 4) is 5.75 Å². The van der Waals surface area contributed by atoms with Crippen LogP contribution in [0.5, 0.6) is 5.75 Å². The molecule has 0 unspecified atom stereocenters. The van der Waals surface area contributed by atoms with Crippen LogP contribution in [0.1, 0.15) is 6.92 Å². The molecular weight excluding hydrogens is 176 g/mol. The molecule has 4 heteroatoms. The molecular formula is C8H11ClN2O. The molecule has 0 aliphatic rings. The van der Waals surface area contributed by atoms with Crippen LogP contribution < -0.4 is 4.74 Å². The van der Waals surface area contributed by atoms with E-state index in [1.165, 1.54) is 0 Å². The lowest BCUT2D eigenvalue weighted by atomic mass is 10.3. The number of hydrogen-bond donors (Lipinski definition) is 0. The predicted octanol–water partition coefficient (Wildman–Crippen LogP) is 2.54. The topological polar surface area (TPSA) is 56.8 Å². The molecule has 0 aliphatic heterocycles. The molecule has 0 aromatic heterocycles. The van der Waals surface area contributed by atoms with Gasteiger partial charge in [-0.3, -0.25) is 0 Å². The molecule has 0 bridgehead atoms. The summed E-state index contributed by atoms with van der Waals surface area (Å²) in [6.45, 7) is 2.72. The minimum absolute atomic E-state index is 0. The zero-order valence-electron chi connectivity index (χ0n) is 6.80. The van der Waals surface area contributed by atoms with Crippen molar-refractivity contribution in [3.05, 3.63) is 30.3 Å². The van der Waals surface area contributed by atoms with E-state index in [0.29, 0.717) is 0 Å². The highest BCUT2D eigenvalue weighted by molar-refractivity contribution is 5.85. The fraction of sp³-hybridized carbons (Fsp3) is 0.250. The molecule has 3 nitrogen and oxygen atoms in total. The molecule has 0 fully saturated rings. The van der Waals surface area contributed by atoms with E-state index in [9.17, 15) is 0 Å². The molecule has 66 valence electrons. The Morgan fingerprint density at radius 1 is 1.17 bits per heavy atom. The van der Waals surface area contributed by atoms with Gasteiger partial charge in [0.2, 0.25) is 0 Å². The van der Waals surface area contributed by atoms with Crippen LogP contribution >= 0.6 is 12.4 Å². The van der Waals surface area contributed by atoms with Crippen LogP contribution in [-0.4, -0.2) is 6.61 Å². The summed E-state index contributed by atoms with van der Waals surface area (Å²) in [6, 6.07) is 9.80. The fourth-order valence-electron chi connectivity index (χ4n) is 0.683. The van der Waals surface area contributed by atoms with Gasteiger partial charge >= 0.3 is 0 Å². The number of benzene rings is 1. The summed E-state index contributed by atoms with van der Waals surface area (Å²) in [6.07, 6.45) is 0. The Morgan fingerprint density at radius 2 is 1.67 bits per heavy atom. The highest BCUT2D eigenvalue weighted by atomic mass is 35.5. The van der Waals surface area contributed by atoms with Gasteiger partial charge in [0, 0.05) is 10.8 Å². The molecule has 0 aliphatic carbocycles. The summed E-state index contributed by atoms with van der Waals surface area (Å²) < 4.78 is 5.21. The van der Waals surface area contributed by atoms with E-state index >= 15 is 0 Å². The lowest BCUT2D eigenvalue weighted by Crippen LogP contribution is -1.89. The number of rotatable bonds is 2. The minimum atomic E-state index is 0. The Kier molecular flexibility index (Phi) is 10.8. The fourth-order valence-corrected chi connectivity index (χ4v) is 0.683. The molecule has 0 N–H and O–H groups in total. The second-order valence-corrected chi connectivity index (χ2v) is 1.75. The number of ether oxygens (including phenoxy) is 1. The van der Waals surface area contributed by atoms with Gasteiger partial charge in [0.1, 0.15) is 5.75 Å². The van der Waals surface area contributed by atoms with E-state index in [4.69, 9.17) is 15.5 Å². The second-order valence-electron chi connectivity index (χ2n) is 1.75. The minimum Gasteiger partial charge on any atom is -0.494 e. The van der Waals surface area contributed by atoms with Gasteiger partial charge in [0.05, 0.1) is 6.61 Å². The van der Waals surface area contributed by atoms with Gasteiger partial charge in [-0.25, -0.2) is 0 Å². The van der Waals surface area contributed by atoms with Gasteiger partial charge < -0.3 is 4.74 Å². The van der Waals surface area contributed by atoms with E-state index < -0.39 is 0 Å². The Bertz CT molecular complexity index is 201. The number of nitrogens with zero attached hydrogens (tertiary/aromatic N) is 2. The van der Waals surface area contributed by atoms with E-state index in [2.05, 4.69) is 0 Å². The summed E-state index contributed by atoms with van der Waals surface area (Å²) >= 11 is 0. The van der Waals surface area contributed by atoms with Crippen molar-refractivity contribution in [2.75, 3.05) is 6.61 Å². The third-order valence-corrected chi connectivity index (χ3v) is 1.05. The monoisotopic (exact) mass is 186 g/mol. The third-order valence-electron chi connectivity index (χ3n) is 1.05. The van der Waals surface area contributed by atoms with Crippen LogP contribution in [0.15, 0.2) is 30.3 Å². The van der Waals surface area contributed by atoms with Crippen molar-refractivity contribution in [3.63, 3.8) is 0 Å². The average molecular weight is 187 g/mol. The molecule has 12 heavy (non-hydrogen) atoms. The smallest absolute Gasteiger partial charge is 0.119 e. The van der Waals surface area contributed by atoms with Crippen LogP contribution in [-0.2, 0) is 0 Å². The van der Waals surface area contributed by atoms with Crippen LogP contribution in [0.25, 0.3) is 0 Å². The van der Waals surface area contributed by atoms with Crippen LogP contribution in [0.4, 0.5) is 0 Å². The summed E-state index contributed by atoms with van der Waals surface area (Å²) in [4.78, 5) is 0. The molecule has 1 rings (SSSR count). The molecule has 1 aromatic rings. The van der Waals surface area contributed by atoms with Gasteiger partial charge in [-0.05, 0) is 19.1 Å². The molecule has 0 atom stereocenters. The highest BCUT2D eigenvalue weighted by Crippen LogP contribution is 2.06. The zero-order chi connectivity index (χ0) is 8.53. The van der Waals surface area contributed by atoms with Crippen molar-refractivity contribution in [1.29, 1.82) is 10.8 Å². The molecule has 0 amide bonds. The maximum absolute atomic E-state index is 6.00. The van der Waals surface area contributed by atoms with Crippen molar-refractivity contribution in [2.24, 2.45) is 0 Å². The maximum Gasteiger partial charge on any atom is 0.119 e. The quantitative estimate of drug-likeness (QED) is 0.667. The molecule has 0 saturated carbocycles. The van der Waals surface area contributed by atoms with E-state index in [0.717, 1.165) is 12.4 Å². The summed E-state index contributed by atoms with van der Waals surface area (Å²) in [7, 11) is 0. The van der Waals surface area contributed by atoms with Crippen LogP contribution in [0, 0.1) is 10.8 Å². The maximum atomic E-state index is 6.00. The first-order valence-electron chi connectivity index (χ1n) is 3.31. The first kappa shape index (κ1) is 13.3. The van der Waals surface area contributed by atoms with Crippen LogP contribution in [0.3, 0.4) is 0 Å². The van der Waals surface area contributed by atoms with Gasteiger partial charge in [0.15, 0.2) is 0 Å². The molecule has 1 aromatic carbocycles. The van der Waals surface area contributed by atoms with E-state index in [-0.39, 0.29) is 12.4 Å². The normalized spacial score (nSPS) is 6.92. The summed E-state index contributed by atoms with van der Waals surface area (Å²) in [5, 5.41) is 12.0. The Hall–Kier alpha value is -1.27. The van der Waals surface area contributed by atoms with Crippen molar-refractivity contribution in [1.82, 2.24) is 0 Å². The standard InChI is InChI=1S/C8H10O.ClH.N2/c1-2-9-8-6-4-3-5-7-8;;1-2/h3-7H,2H2,1H3;1H;. The predicted molar refractivity (Wildman–Crippen MR) is 48.3 cm³/mol. The first-order chi connectivity index (χ1) is 5.43. The first-order valence-corrected chi connectivity index (χ1v) is 3.31. The van der Waals surface area contributed by atoms with E-state index in [1.807, 2.05) is 37.3 Å². The van der Waals surface area contributed by atoms with Crippen molar-refractivity contribution in [2.45, 2.75) is 6.92 Å². The molecule has 0 radical (unpaired) electrons. The molecule has 0 heterocycles. The lowest BCUT2D eigenvalue weighted by molar-refractivity contribution is 0.340. The van der Waals surface area contributed by atoms with Gasteiger partial charge in [0.25, 0.3) is 0 Å². The largest absolute Gasteiger partial charge is 0.494 e. The van der Waals surface area contributed by atoms with E-state index in [1.54, 1.807) is 0 Å². The lowest BCUT2D eigenvalue weighted by Gasteiger charge is -1.99.